The molecule has 13 heavy (non-hydrogen) atoms. The molecular formula is C12H18O. The highest BCUT2D eigenvalue weighted by Gasteiger charge is 2.12. The van der Waals surface area contributed by atoms with E-state index in [1.807, 2.05) is 6.07 Å². The first-order valence-electron chi connectivity index (χ1n) is 4.80. The Labute approximate surface area is 80.7 Å². The van der Waals surface area contributed by atoms with Gasteiger partial charge < -0.3 is 4.74 Å². The third-order valence-electron chi connectivity index (χ3n) is 2.33. The van der Waals surface area contributed by atoms with E-state index in [9.17, 15) is 0 Å². The Hall–Kier alpha value is -0.820. The molecule has 0 radical (unpaired) electrons. The Morgan fingerprint density at radius 2 is 1.77 bits per heavy atom. The Bertz CT molecular complexity index is 228. The van der Waals surface area contributed by atoms with Crippen LogP contribution in [0.4, 0.5) is 0 Å². The van der Waals surface area contributed by atoms with Gasteiger partial charge in [-0.2, -0.15) is 0 Å². The van der Waals surface area contributed by atoms with Gasteiger partial charge in [0, 0.05) is 7.11 Å². The van der Waals surface area contributed by atoms with Crippen LogP contribution in [0.2, 0.25) is 0 Å². The van der Waals surface area contributed by atoms with Gasteiger partial charge in [0.25, 0.3) is 0 Å². The Kier molecular flexibility index (Phi) is 3.97. The van der Waals surface area contributed by atoms with E-state index in [-0.39, 0.29) is 0 Å². The summed E-state index contributed by atoms with van der Waals surface area (Å²) in [4.78, 5) is 0. The minimum atomic E-state index is 0.336. The van der Waals surface area contributed by atoms with Crippen LogP contribution in [0.5, 0.6) is 0 Å². The SMILES string of the molecule is COC(Cc1ccccc1)C(C)C. The summed E-state index contributed by atoms with van der Waals surface area (Å²) >= 11 is 0. The molecule has 0 saturated heterocycles. The molecule has 0 N–H and O–H groups in total. The van der Waals surface area contributed by atoms with Gasteiger partial charge in [0.2, 0.25) is 0 Å². The molecule has 72 valence electrons. The van der Waals surface area contributed by atoms with Crippen LogP contribution < -0.4 is 0 Å². The standard InChI is InChI=1S/C12H18O/c1-10(2)12(13-3)9-11-7-5-4-6-8-11/h4-8,10,12H,9H2,1-3H3. The van der Waals surface area contributed by atoms with Gasteiger partial charge in [-0.05, 0) is 17.9 Å². The van der Waals surface area contributed by atoms with Crippen LogP contribution in [0.1, 0.15) is 19.4 Å². The van der Waals surface area contributed by atoms with E-state index in [0.717, 1.165) is 6.42 Å². The smallest absolute Gasteiger partial charge is 0.0634 e. The van der Waals surface area contributed by atoms with Crippen molar-refractivity contribution in [3.8, 4) is 0 Å². The zero-order chi connectivity index (χ0) is 9.68. The average Bonchev–Trinajstić information content (AvgIpc) is 2.15. The molecule has 1 atom stereocenters. The van der Waals surface area contributed by atoms with Crippen LogP contribution in [0.25, 0.3) is 0 Å². The van der Waals surface area contributed by atoms with E-state index in [1.165, 1.54) is 5.56 Å². The summed E-state index contributed by atoms with van der Waals surface area (Å²) in [5, 5.41) is 0. The molecule has 1 aromatic carbocycles. The predicted octanol–water partition coefficient (Wildman–Crippen LogP) is 2.90. The summed E-state index contributed by atoms with van der Waals surface area (Å²) in [6.07, 6.45) is 1.34. The zero-order valence-corrected chi connectivity index (χ0v) is 8.66. The maximum atomic E-state index is 5.42. The molecule has 1 unspecified atom stereocenters. The van der Waals surface area contributed by atoms with Gasteiger partial charge in [0.15, 0.2) is 0 Å². The maximum Gasteiger partial charge on any atom is 0.0634 e. The third-order valence-corrected chi connectivity index (χ3v) is 2.33. The molecule has 0 bridgehead atoms. The highest BCUT2D eigenvalue weighted by Crippen LogP contribution is 2.12. The zero-order valence-electron chi connectivity index (χ0n) is 8.66. The molecule has 1 rings (SSSR count). The fraction of sp³-hybridized carbons (Fsp3) is 0.500. The van der Waals surface area contributed by atoms with Crippen molar-refractivity contribution in [2.75, 3.05) is 7.11 Å². The minimum Gasteiger partial charge on any atom is -0.381 e. The lowest BCUT2D eigenvalue weighted by Crippen LogP contribution is -2.20. The molecule has 1 aromatic rings. The van der Waals surface area contributed by atoms with Crippen molar-refractivity contribution in [3.05, 3.63) is 35.9 Å². The van der Waals surface area contributed by atoms with Crippen LogP contribution in [0.15, 0.2) is 30.3 Å². The number of hydrogen-bond donors (Lipinski definition) is 0. The summed E-state index contributed by atoms with van der Waals surface area (Å²) in [7, 11) is 1.79. The second kappa shape index (κ2) is 5.03. The van der Waals surface area contributed by atoms with E-state index in [0.29, 0.717) is 12.0 Å². The summed E-state index contributed by atoms with van der Waals surface area (Å²) < 4.78 is 5.42. The number of rotatable bonds is 4. The number of methoxy groups -OCH3 is 1. The molecule has 0 fully saturated rings. The monoisotopic (exact) mass is 178 g/mol. The normalized spacial score (nSPS) is 13.2. The van der Waals surface area contributed by atoms with Crippen molar-refractivity contribution in [1.82, 2.24) is 0 Å². The van der Waals surface area contributed by atoms with Crippen molar-refractivity contribution in [2.24, 2.45) is 5.92 Å². The van der Waals surface area contributed by atoms with Gasteiger partial charge in [-0.15, -0.1) is 0 Å². The molecule has 1 heteroatoms. The summed E-state index contributed by atoms with van der Waals surface area (Å²) in [6.45, 7) is 4.38. The molecule has 0 saturated carbocycles. The number of benzene rings is 1. The van der Waals surface area contributed by atoms with Crippen molar-refractivity contribution < 1.29 is 4.74 Å². The van der Waals surface area contributed by atoms with E-state index >= 15 is 0 Å². The topological polar surface area (TPSA) is 9.23 Å². The van der Waals surface area contributed by atoms with E-state index in [1.54, 1.807) is 7.11 Å². The molecule has 0 aliphatic rings. The lowest BCUT2D eigenvalue weighted by atomic mass is 9.99. The summed E-state index contributed by atoms with van der Waals surface area (Å²) in [5.74, 6) is 0.574. The van der Waals surface area contributed by atoms with Crippen LogP contribution in [-0.4, -0.2) is 13.2 Å². The predicted molar refractivity (Wildman–Crippen MR) is 55.8 cm³/mol. The summed E-state index contributed by atoms with van der Waals surface area (Å²) in [6, 6.07) is 10.5. The first-order valence-corrected chi connectivity index (χ1v) is 4.80. The third kappa shape index (κ3) is 3.19. The van der Waals surface area contributed by atoms with Gasteiger partial charge in [0.05, 0.1) is 6.10 Å². The fourth-order valence-electron chi connectivity index (χ4n) is 1.44. The molecule has 0 spiro atoms. The van der Waals surface area contributed by atoms with Crippen molar-refractivity contribution in [2.45, 2.75) is 26.4 Å². The van der Waals surface area contributed by atoms with E-state index < -0.39 is 0 Å². The van der Waals surface area contributed by atoms with Gasteiger partial charge in [0.1, 0.15) is 0 Å². The lowest BCUT2D eigenvalue weighted by Gasteiger charge is -2.18. The molecule has 0 aliphatic heterocycles. The van der Waals surface area contributed by atoms with Gasteiger partial charge in [-0.3, -0.25) is 0 Å². The Morgan fingerprint density at radius 1 is 1.15 bits per heavy atom. The van der Waals surface area contributed by atoms with Crippen LogP contribution in [0, 0.1) is 5.92 Å². The molecule has 0 heterocycles. The minimum absolute atomic E-state index is 0.336. The van der Waals surface area contributed by atoms with E-state index in [2.05, 4.69) is 38.1 Å². The highest BCUT2D eigenvalue weighted by atomic mass is 16.5. The molecule has 0 aliphatic carbocycles. The largest absolute Gasteiger partial charge is 0.381 e. The average molecular weight is 178 g/mol. The van der Waals surface area contributed by atoms with Gasteiger partial charge >= 0.3 is 0 Å². The second-order valence-corrected chi connectivity index (χ2v) is 3.71. The lowest BCUT2D eigenvalue weighted by molar-refractivity contribution is 0.0654. The Morgan fingerprint density at radius 3 is 2.23 bits per heavy atom. The van der Waals surface area contributed by atoms with Crippen molar-refractivity contribution >= 4 is 0 Å². The molecular weight excluding hydrogens is 160 g/mol. The van der Waals surface area contributed by atoms with Crippen molar-refractivity contribution in [3.63, 3.8) is 0 Å². The van der Waals surface area contributed by atoms with Gasteiger partial charge in [-0.1, -0.05) is 44.2 Å². The second-order valence-electron chi connectivity index (χ2n) is 3.71. The highest BCUT2D eigenvalue weighted by molar-refractivity contribution is 5.15. The number of ether oxygens (including phenoxy) is 1. The van der Waals surface area contributed by atoms with Crippen LogP contribution in [0.3, 0.4) is 0 Å². The molecule has 0 amide bonds. The van der Waals surface area contributed by atoms with Gasteiger partial charge in [-0.25, -0.2) is 0 Å². The Balaban J connectivity index is 2.57. The quantitative estimate of drug-likeness (QED) is 0.689. The first-order chi connectivity index (χ1) is 6.24. The van der Waals surface area contributed by atoms with Crippen molar-refractivity contribution in [1.29, 1.82) is 0 Å². The summed E-state index contributed by atoms with van der Waals surface area (Å²) in [5.41, 5.74) is 1.35. The molecule has 1 nitrogen and oxygen atoms in total. The van der Waals surface area contributed by atoms with E-state index in [4.69, 9.17) is 4.74 Å². The number of hydrogen-bond acceptors (Lipinski definition) is 1. The molecule has 0 aromatic heterocycles. The van der Waals surface area contributed by atoms with Crippen LogP contribution >= 0.6 is 0 Å². The maximum absolute atomic E-state index is 5.42. The fourth-order valence-corrected chi connectivity index (χ4v) is 1.44. The van der Waals surface area contributed by atoms with Crippen LogP contribution in [-0.2, 0) is 11.2 Å². The first kappa shape index (κ1) is 10.3.